The smallest absolute Gasteiger partial charge is 0.295 e. The molecule has 1 aromatic heterocycles. The molecule has 2 aromatic rings. The van der Waals surface area contributed by atoms with Gasteiger partial charge in [0.05, 0.1) is 0 Å². The first-order chi connectivity index (χ1) is 8.60. The molecule has 1 aromatic carbocycles. The molecule has 5 nitrogen and oxygen atoms in total. The van der Waals surface area contributed by atoms with Gasteiger partial charge in [0, 0.05) is 16.6 Å². The van der Waals surface area contributed by atoms with E-state index in [0.29, 0.717) is 11.5 Å². The summed E-state index contributed by atoms with van der Waals surface area (Å²) in [5, 5.41) is 9.32. The minimum atomic E-state index is -0.318. The minimum absolute atomic E-state index is 0.156. The van der Waals surface area contributed by atoms with Crippen molar-refractivity contribution >= 4 is 27.5 Å². The van der Waals surface area contributed by atoms with Crippen molar-refractivity contribution in [1.29, 1.82) is 0 Å². The second-order valence-corrected chi connectivity index (χ2v) is 4.73. The van der Waals surface area contributed by atoms with Crippen molar-refractivity contribution in [3.8, 4) is 0 Å². The summed E-state index contributed by atoms with van der Waals surface area (Å²) < 4.78 is 0.949. The molecule has 0 bridgehead atoms. The van der Waals surface area contributed by atoms with Gasteiger partial charge in [-0.15, -0.1) is 5.10 Å². The summed E-state index contributed by atoms with van der Waals surface area (Å²) in [6, 6.07) is 5.61. The highest BCUT2D eigenvalue weighted by atomic mass is 79.9. The van der Waals surface area contributed by atoms with Crippen molar-refractivity contribution in [2.45, 2.75) is 20.3 Å². The number of hydrogen-bond acceptors (Lipinski definition) is 3. The van der Waals surface area contributed by atoms with Gasteiger partial charge in [-0.05, 0) is 24.6 Å². The van der Waals surface area contributed by atoms with Crippen molar-refractivity contribution in [3.05, 3.63) is 39.9 Å². The Bertz CT molecular complexity index is 579. The van der Waals surface area contributed by atoms with Crippen LogP contribution in [0, 0.1) is 6.92 Å². The monoisotopic (exact) mass is 308 g/mol. The maximum Gasteiger partial charge on any atom is 0.295 e. The van der Waals surface area contributed by atoms with Crippen LogP contribution in [0.15, 0.2) is 22.7 Å². The first kappa shape index (κ1) is 12.8. The van der Waals surface area contributed by atoms with Gasteiger partial charge in [0.25, 0.3) is 5.91 Å². The Labute approximate surface area is 113 Å². The van der Waals surface area contributed by atoms with Gasteiger partial charge < -0.3 is 5.32 Å². The first-order valence-electron chi connectivity index (χ1n) is 5.59. The molecular formula is C12H13BrN4O. The zero-order valence-electron chi connectivity index (χ0n) is 10.1. The maximum absolute atomic E-state index is 11.9. The van der Waals surface area contributed by atoms with E-state index in [0.717, 1.165) is 16.5 Å². The van der Waals surface area contributed by atoms with Crippen LogP contribution in [0.2, 0.25) is 0 Å². The maximum atomic E-state index is 11.9. The second kappa shape index (κ2) is 5.30. The lowest BCUT2D eigenvalue weighted by molar-refractivity contribution is 0.101. The standard InChI is InChI=1S/C12H13BrN4O/c1-3-10-15-11(17-16-10)12(18)14-8-5-4-7(2)9(13)6-8/h4-6H,3H2,1-2H3,(H,14,18)(H,15,16,17). The molecule has 0 atom stereocenters. The summed E-state index contributed by atoms with van der Waals surface area (Å²) in [5.74, 6) is 0.537. The molecule has 1 heterocycles. The summed E-state index contributed by atoms with van der Waals surface area (Å²) in [7, 11) is 0. The highest BCUT2D eigenvalue weighted by Gasteiger charge is 2.12. The van der Waals surface area contributed by atoms with Gasteiger partial charge in [0.1, 0.15) is 5.82 Å². The Morgan fingerprint density at radius 2 is 2.28 bits per heavy atom. The Morgan fingerprint density at radius 3 is 2.89 bits per heavy atom. The summed E-state index contributed by atoms with van der Waals surface area (Å²) in [6.07, 6.45) is 0.719. The molecule has 0 radical (unpaired) electrons. The minimum Gasteiger partial charge on any atom is -0.319 e. The SMILES string of the molecule is CCc1nc(C(=O)Nc2ccc(C)c(Br)c2)n[nH]1. The number of hydrogen-bond donors (Lipinski definition) is 2. The number of anilines is 1. The molecule has 1 amide bonds. The number of aromatic amines is 1. The summed E-state index contributed by atoms with van der Waals surface area (Å²) in [4.78, 5) is 15.9. The molecule has 2 rings (SSSR count). The fraction of sp³-hybridized carbons (Fsp3) is 0.250. The van der Waals surface area contributed by atoms with E-state index in [1.807, 2.05) is 32.0 Å². The number of nitrogens with zero attached hydrogens (tertiary/aromatic N) is 2. The largest absolute Gasteiger partial charge is 0.319 e. The van der Waals surface area contributed by atoms with Crippen LogP contribution in [-0.2, 0) is 6.42 Å². The van der Waals surface area contributed by atoms with E-state index < -0.39 is 0 Å². The normalized spacial score (nSPS) is 10.4. The Kier molecular flexibility index (Phi) is 3.76. The van der Waals surface area contributed by atoms with Gasteiger partial charge in [0.15, 0.2) is 0 Å². The Balaban J connectivity index is 2.13. The quantitative estimate of drug-likeness (QED) is 0.916. The van der Waals surface area contributed by atoms with Gasteiger partial charge in [-0.1, -0.05) is 28.9 Å². The Hall–Kier alpha value is -1.69. The van der Waals surface area contributed by atoms with Crippen molar-refractivity contribution in [2.75, 3.05) is 5.32 Å². The average Bonchev–Trinajstić information content (AvgIpc) is 2.82. The fourth-order valence-corrected chi connectivity index (χ4v) is 1.79. The predicted molar refractivity (Wildman–Crippen MR) is 72.6 cm³/mol. The molecule has 0 saturated carbocycles. The van der Waals surface area contributed by atoms with Gasteiger partial charge in [-0.25, -0.2) is 4.98 Å². The molecule has 0 spiro atoms. The molecule has 94 valence electrons. The predicted octanol–water partition coefficient (Wildman–Crippen LogP) is 2.69. The van der Waals surface area contributed by atoms with Gasteiger partial charge in [-0.2, -0.15) is 0 Å². The van der Waals surface area contributed by atoms with E-state index in [2.05, 4.69) is 36.4 Å². The number of aromatic nitrogens is 3. The molecule has 0 saturated heterocycles. The summed E-state index contributed by atoms with van der Waals surface area (Å²) in [6.45, 7) is 3.93. The number of carbonyl (C=O) groups excluding carboxylic acids is 1. The highest BCUT2D eigenvalue weighted by Crippen LogP contribution is 2.20. The van der Waals surface area contributed by atoms with Gasteiger partial charge in [0.2, 0.25) is 5.82 Å². The van der Waals surface area contributed by atoms with Gasteiger partial charge >= 0.3 is 0 Å². The van der Waals surface area contributed by atoms with Crippen molar-refractivity contribution in [3.63, 3.8) is 0 Å². The number of aryl methyl sites for hydroxylation is 2. The molecule has 0 aliphatic rings. The van der Waals surface area contributed by atoms with Crippen LogP contribution >= 0.6 is 15.9 Å². The van der Waals surface area contributed by atoms with E-state index in [4.69, 9.17) is 0 Å². The first-order valence-corrected chi connectivity index (χ1v) is 6.38. The average molecular weight is 309 g/mol. The number of amides is 1. The molecule has 6 heteroatoms. The van der Waals surface area contributed by atoms with Crippen LogP contribution in [0.3, 0.4) is 0 Å². The molecule has 0 aliphatic heterocycles. The third-order valence-electron chi connectivity index (χ3n) is 2.50. The van der Waals surface area contributed by atoms with E-state index in [1.54, 1.807) is 0 Å². The van der Waals surface area contributed by atoms with Crippen LogP contribution in [0.1, 0.15) is 28.9 Å². The van der Waals surface area contributed by atoms with Crippen LogP contribution in [0.25, 0.3) is 0 Å². The zero-order chi connectivity index (χ0) is 13.1. The lowest BCUT2D eigenvalue weighted by Gasteiger charge is -2.04. The van der Waals surface area contributed by atoms with Crippen LogP contribution in [0.5, 0.6) is 0 Å². The number of carbonyl (C=O) groups is 1. The molecule has 18 heavy (non-hydrogen) atoms. The third kappa shape index (κ3) is 2.76. The summed E-state index contributed by atoms with van der Waals surface area (Å²) in [5.41, 5.74) is 1.82. The topological polar surface area (TPSA) is 70.7 Å². The van der Waals surface area contributed by atoms with Crippen molar-refractivity contribution < 1.29 is 4.79 Å². The summed E-state index contributed by atoms with van der Waals surface area (Å²) >= 11 is 3.42. The Morgan fingerprint density at radius 1 is 1.50 bits per heavy atom. The van der Waals surface area contributed by atoms with E-state index in [1.165, 1.54) is 0 Å². The highest BCUT2D eigenvalue weighted by molar-refractivity contribution is 9.10. The number of rotatable bonds is 3. The van der Waals surface area contributed by atoms with E-state index in [-0.39, 0.29) is 11.7 Å². The van der Waals surface area contributed by atoms with Crippen LogP contribution in [-0.4, -0.2) is 21.1 Å². The number of nitrogens with one attached hydrogen (secondary N) is 2. The van der Waals surface area contributed by atoms with Crippen molar-refractivity contribution in [2.24, 2.45) is 0 Å². The zero-order valence-corrected chi connectivity index (χ0v) is 11.7. The lowest BCUT2D eigenvalue weighted by Crippen LogP contribution is -2.13. The fourth-order valence-electron chi connectivity index (χ4n) is 1.41. The van der Waals surface area contributed by atoms with Crippen molar-refractivity contribution in [1.82, 2.24) is 15.2 Å². The molecular weight excluding hydrogens is 296 g/mol. The lowest BCUT2D eigenvalue weighted by atomic mass is 10.2. The molecule has 2 N–H and O–H groups in total. The molecule has 0 unspecified atom stereocenters. The van der Waals surface area contributed by atoms with Crippen LogP contribution < -0.4 is 5.32 Å². The third-order valence-corrected chi connectivity index (χ3v) is 3.35. The number of H-pyrrole nitrogens is 1. The van der Waals surface area contributed by atoms with E-state index >= 15 is 0 Å². The van der Waals surface area contributed by atoms with Crippen LogP contribution in [0.4, 0.5) is 5.69 Å². The molecule has 0 fully saturated rings. The number of halogens is 1. The molecule has 0 aliphatic carbocycles. The number of benzene rings is 1. The van der Waals surface area contributed by atoms with E-state index in [9.17, 15) is 4.79 Å². The van der Waals surface area contributed by atoms with Gasteiger partial charge in [-0.3, -0.25) is 9.89 Å². The second-order valence-electron chi connectivity index (χ2n) is 3.88.